The molecule has 126 valence electrons. The van der Waals surface area contributed by atoms with Gasteiger partial charge in [0.2, 0.25) is 5.55 Å². The smallest absolute Gasteiger partial charge is 0.271 e. The number of carbonyl (C=O) groups excluding carboxylic acids is 2. The Hall–Kier alpha value is -3.68. The van der Waals surface area contributed by atoms with Crippen LogP contribution in [0.3, 0.4) is 0 Å². The van der Waals surface area contributed by atoms with Crippen LogP contribution in [0, 0.1) is 0 Å². The molecular weight excluding hydrogens is 324 g/mol. The van der Waals surface area contributed by atoms with Crippen LogP contribution in [0.1, 0.15) is 20.7 Å². The van der Waals surface area contributed by atoms with Crippen molar-refractivity contribution in [2.24, 2.45) is 10.8 Å². The van der Waals surface area contributed by atoms with Crippen molar-refractivity contribution in [1.82, 2.24) is 10.4 Å². The Kier molecular flexibility index (Phi) is 4.42. The molecule has 0 aliphatic rings. The Balaban J connectivity index is 2.03. The van der Waals surface area contributed by atoms with Crippen molar-refractivity contribution < 1.29 is 18.7 Å². The highest BCUT2D eigenvalue weighted by molar-refractivity contribution is 5.96. The van der Waals surface area contributed by atoms with Gasteiger partial charge in [-0.15, -0.1) is 5.10 Å². The highest BCUT2D eigenvalue weighted by Crippen LogP contribution is 2.20. The van der Waals surface area contributed by atoms with Crippen molar-refractivity contribution in [2.75, 3.05) is 7.11 Å². The highest BCUT2D eigenvalue weighted by atomic mass is 16.5. The molecule has 25 heavy (non-hydrogen) atoms. The molecule has 3 N–H and O–H groups in total. The quantitative estimate of drug-likeness (QED) is 0.692. The summed E-state index contributed by atoms with van der Waals surface area (Å²) in [7, 11) is 1.53. The molecule has 2 amide bonds. The summed E-state index contributed by atoms with van der Waals surface area (Å²) in [5.74, 6) is -0.595. The highest BCUT2D eigenvalue weighted by Gasteiger charge is 2.11. The van der Waals surface area contributed by atoms with E-state index in [1.807, 2.05) is 0 Å². The molecule has 0 saturated carbocycles. The second-order valence-electron chi connectivity index (χ2n) is 5.02. The van der Waals surface area contributed by atoms with E-state index in [2.05, 4.69) is 15.5 Å². The van der Waals surface area contributed by atoms with Gasteiger partial charge < -0.3 is 14.9 Å². The third-order valence-electron chi connectivity index (χ3n) is 3.42. The Morgan fingerprint density at radius 2 is 1.96 bits per heavy atom. The SMILES string of the molecule is COc1ccc2oc(=NNC(=O)c3ccncc3)c(C(N)=O)cc2c1. The van der Waals surface area contributed by atoms with E-state index in [9.17, 15) is 9.59 Å². The molecule has 0 fully saturated rings. The number of amides is 2. The van der Waals surface area contributed by atoms with Crippen LogP contribution < -0.4 is 21.5 Å². The van der Waals surface area contributed by atoms with Gasteiger partial charge in [0.1, 0.15) is 16.9 Å². The fraction of sp³-hybridized carbons (Fsp3) is 0.0588. The molecule has 3 rings (SSSR count). The van der Waals surface area contributed by atoms with Gasteiger partial charge in [0, 0.05) is 23.3 Å². The number of nitrogens with zero attached hydrogens (tertiary/aromatic N) is 2. The summed E-state index contributed by atoms with van der Waals surface area (Å²) in [5.41, 5.74) is 8.49. The number of hydrogen-bond acceptors (Lipinski definition) is 6. The zero-order chi connectivity index (χ0) is 17.8. The van der Waals surface area contributed by atoms with Gasteiger partial charge in [-0.1, -0.05) is 0 Å². The number of nitrogens with one attached hydrogen (secondary N) is 1. The van der Waals surface area contributed by atoms with E-state index in [4.69, 9.17) is 14.9 Å². The molecule has 0 radical (unpaired) electrons. The first-order valence-corrected chi connectivity index (χ1v) is 7.24. The van der Waals surface area contributed by atoms with E-state index in [1.165, 1.54) is 37.7 Å². The zero-order valence-electron chi connectivity index (χ0n) is 13.2. The first-order chi connectivity index (χ1) is 12.1. The molecule has 0 unspecified atom stereocenters. The number of carbonyl (C=O) groups is 2. The lowest BCUT2D eigenvalue weighted by Crippen LogP contribution is -2.27. The van der Waals surface area contributed by atoms with Crippen molar-refractivity contribution in [2.45, 2.75) is 0 Å². The molecule has 0 aliphatic carbocycles. The summed E-state index contributed by atoms with van der Waals surface area (Å²) in [6, 6.07) is 9.66. The summed E-state index contributed by atoms with van der Waals surface area (Å²) >= 11 is 0. The third kappa shape index (κ3) is 3.47. The van der Waals surface area contributed by atoms with E-state index in [0.29, 0.717) is 22.3 Å². The van der Waals surface area contributed by atoms with Crippen LogP contribution in [0.25, 0.3) is 11.0 Å². The Morgan fingerprint density at radius 3 is 2.64 bits per heavy atom. The standard InChI is InChI=1S/C17H14N4O4/c1-24-12-2-3-14-11(8-12)9-13(15(18)22)17(25-14)21-20-16(23)10-4-6-19-7-5-10/h2-9H,1H3,(H2,18,22)(H,20,23). The van der Waals surface area contributed by atoms with Gasteiger partial charge in [-0.25, -0.2) is 5.43 Å². The molecule has 0 atom stereocenters. The number of fused-ring (bicyclic) bond motifs is 1. The van der Waals surface area contributed by atoms with Crippen molar-refractivity contribution in [3.05, 3.63) is 65.5 Å². The Labute approximate surface area is 141 Å². The van der Waals surface area contributed by atoms with Crippen LogP contribution in [-0.4, -0.2) is 23.9 Å². The number of methoxy groups -OCH3 is 1. The largest absolute Gasteiger partial charge is 0.497 e. The average Bonchev–Trinajstić information content (AvgIpc) is 2.65. The number of benzene rings is 1. The molecular formula is C17H14N4O4. The maximum atomic E-state index is 12.0. The molecule has 2 aromatic heterocycles. The fourth-order valence-electron chi connectivity index (χ4n) is 2.16. The minimum absolute atomic E-state index is 0.0378. The van der Waals surface area contributed by atoms with Gasteiger partial charge >= 0.3 is 0 Å². The number of hydrogen-bond donors (Lipinski definition) is 2. The molecule has 0 saturated heterocycles. The molecule has 8 nitrogen and oxygen atoms in total. The second kappa shape index (κ2) is 6.83. The van der Waals surface area contributed by atoms with Crippen molar-refractivity contribution in [1.29, 1.82) is 0 Å². The van der Waals surface area contributed by atoms with E-state index >= 15 is 0 Å². The first kappa shape index (κ1) is 16.2. The number of nitrogens with two attached hydrogens (primary N) is 1. The summed E-state index contributed by atoms with van der Waals surface area (Å²) in [6.07, 6.45) is 2.97. The lowest BCUT2D eigenvalue weighted by atomic mass is 10.1. The van der Waals surface area contributed by atoms with Gasteiger partial charge in [0.05, 0.1) is 7.11 Å². The van der Waals surface area contributed by atoms with Gasteiger partial charge in [0.15, 0.2) is 0 Å². The molecule has 1 aromatic carbocycles. The van der Waals surface area contributed by atoms with Crippen LogP contribution >= 0.6 is 0 Å². The fourth-order valence-corrected chi connectivity index (χ4v) is 2.16. The van der Waals surface area contributed by atoms with Gasteiger partial charge in [0.25, 0.3) is 11.8 Å². The van der Waals surface area contributed by atoms with Crippen LogP contribution in [0.15, 0.2) is 58.3 Å². The van der Waals surface area contributed by atoms with E-state index in [0.717, 1.165) is 0 Å². The number of aromatic nitrogens is 1. The van der Waals surface area contributed by atoms with Crippen molar-refractivity contribution >= 4 is 22.8 Å². The summed E-state index contributed by atoms with van der Waals surface area (Å²) in [4.78, 5) is 27.6. The van der Waals surface area contributed by atoms with Crippen molar-refractivity contribution in [3.63, 3.8) is 0 Å². The van der Waals surface area contributed by atoms with Gasteiger partial charge in [-0.05, 0) is 36.4 Å². The van der Waals surface area contributed by atoms with Crippen LogP contribution in [0.4, 0.5) is 0 Å². The number of primary amides is 1. The Morgan fingerprint density at radius 1 is 1.20 bits per heavy atom. The Bertz CT molecular complexity index is 1010. The molecule has 0 spiro atoms. The summed E-state index contributed by atoms with van der Waals surface area (Å²) < 4.78 is 10.7. The minimum atomic E-state index is -0.731. The molecule has 0 aliphatic heterocycles. The van der Waals surface area contributed by atoms with Crippen LogP contribution in [0.2, 0.25) is 0 Å². The number of pyridine rings is 1. The average molecular weight is 338 g/mol. The van der Waals surface area contributed by atoms with E-state index < -0.39 is 11.8 Å². The maximum absolute atomic E-state index is 12.0. The number of ether oxygens (including phenoxy) is 1. The third-order valence-corrected chi connectivity index (χ3v) is 3.42. The number of rotatable bonds is 4. The van der Waals surface area contributed by atoms with Crippen LogP contribution in [-0.2, 0) is 0 Å². The summed E-state index contributed by atoms with van der Waals surface area (Å²) in [5, 5.41) is 4.50. The second-order valence-corrected chi connectivity index (χ2v) is 5.02. The van der Waals surface area contributed by atoms with Gasteiger partial charge in [-0.3, -0.25) is 14.6 Å². The van der Waals surface area contributed by atoms with Crippen molar-refractivity contribution in [3.8, 4) is 5.75 Å². The normalized spacial score (nSPS) is 11.3. The predicted molar refractivity (Wildman–Crippen MR) is 88.6 cm³/mol. The molecule has 2 heterocycles. The lowest BCUT2D eigenvalue weighted by Gasteiger charge is -2.04. The van der Waals surface area contributed by atoms with E-state index in [1.54, 1.807) is 18.2 Å². The molecule has 0 bridgehead atoms. The monoisotopic (exact) mass is 338 g/mol. The zero-order valence-corrected chi connectivity index (χ0v) is 13.2. The molecule has 3 aromatic rings. The minimum Gasteiger partial charge on any atom is -0.497 e. The lowest BCUT2D eigenvalue weighted by molar-refractivity contribution is 0.0946. The first-order valence-electron chi connectivity index (χ1n) is 7.24. The van der Waals surface area contributed by atoms with E-state index in [-0.39, 0.29) is 11.1 Å². The summed E-state index contributed by atoms with van der Waals surface area (Å²) in [6.45, 7) is 0. The maximum Gasteiger partial charge on any atom is 0.271 e. The molecule has 8 heteroatoms. The topological polar surface area (TPSA) is 120 Å². The van der Waals surface area contributed by atoms with Gasteiger partial charge in [-0.2, -0.15) is 0 Å². The predicted octanol–water partition coefficient (Wildman–Crippen LogP) is 1.18. The van der Waals surface area contributed by atoms with Crippen LogP contribution in [0.5, 0.6) is 5.75 Å².